The standard InChI is InChI=1S/C26H27ClF2N4O3.ClH/c27-24-20(28)4-3-17(25(24)29)13-33-21-14-32(11-7-18(21)19-2-1-8-30-26(19)33)22(34)15-31-9-5-16(6-10-31)12-23(35)36;/h1-4,8,16H,5-7,9-15H2,(H,35,36);1H. The second-order valence-electron chi connectivity index (χ2n) is 9.60. The number of piperidine rings is 1. The quantitative estimate of drug-likeness (QED) is 0.455. The summed E-state index contributed by atoms with van der Waals surface area (Å²) in [5.41, 5.74) is 2.92. The SMILES string of the molecule is Cl.O=C(O)CC1CCN(CC(=O)N2CCc3c(n(Cc4ccc(F)c(Cl)c4F)c4ncccc34)C2)CC1. The predicted octanol–water partition coefficient (Wildman–Crippen LogP) is 4.51. The molecule has 0 spiro atoms. The number of fused-ring (bicyclic) bond motifs is 3. The number of hydrogen-bond donors (Lipinski definition) is 1. The number of rotatable bonds is 6. The van der Waals surface area contributed by atoms with Crippen LogP contribution in [0, 0.1) is 17.6 Å². The molecule has 37 heavy (non-hydrogen) atoms. The van der Waals surface area contributed by atoms with Crippen molar-refractivity contribution in [3.05, 3.63) is 63.9 Å². The normalized spacial score (nSPS) is 16.5. The van der Waals surface area contributed by atoms with E-state index >= 15 is 0 Å². The Morgan fingerprint density at radius 3 is 2.62 bits per heavy atom. The number of aromatic nitrogens is 2. The van der Waals surface area contributed by atoms with Gasteiger partial charge >= 0.3 is 5.97 Å². The van der Waals surface area contributed by atoms with Gasteiger partial charge in [-0.15, -0.1) is 12.4 Å². The van der Waals surface area contributed by atoms with Gasteiger partial charge in [0.15, 0.2) is 0 Å². The third-order valence-electron chi connectivity index (χ3n) is 7.34. The van der Waals surface area contributed by atoms with E-state index in [0.29, 0.717) is 38.2 Å². The number of nitrogens with zero attached hydrogens (tertiary/aromatic N) is 4. The summed E-state index contributed by atoms with van der Waals surface area (Å²) in [4.78, 5) is 32.6. The molecule has 3 aromatic rings. The Bertz CT molecular complexity index is 1320. The van der Waals surface area contributed by atoms with E-state index in [9.17, 15) is 18.4 Å². The predicted molar refractivity (Wildman–Crippen MR) is 138 cm³/mol. The Morgan fingerprint density at radius 1 is 1.14 bits per heavy atom. The van der Waals surface area contributed by atoms with Crippen LogP contribution < -0.4 is 0 Å². The van der Waals surface area contributed by atoms with E-state index in [-0.39, 0.29) is 49.3 Å². The van der Waals surface area contributed by atoms with E-state index in [4.69, 9.17) is 16.7 Å². The number of aliphatic carboxylic acids is 1. The molecule has 0 radical (unpaired) electrons. The Hall–Kier alpha value is -2.75. The molecule has 2 aliphatic rings. The van der Waals surface area contributed by atoms with E-state index in [1.807, 2.05) is 21.6 Å². The molecule has 0 atom stereocenters. The summed E-state index contributed by atoms with van der Waals surface area (Å²) in [6.45, 7) is 2.77. The molecule has 5 rings (SSSR count). The number of carbonyl (C=O) groups excluding carboxylic acids is 1. The minimum Gasteiger partial charge on any atom is -0.481 e. The largest absolute Gasteiger partial charge is 0.481 e. The van der Waals surface area contributed by atoms with Crippen LogP contribution >= 0.6 is 24.0 Å². The lowest BCUT2D eigenvalue weighted by Gasteiger charge is -2.34. The number of benzene rings is 1. The second kappa shape index (κ2) is 11.3. The first-order valence-corrected chi connectivity index (χ1v) is 12.5. The van der Waals surface area contributed by atoms with Crippen molar-refractivity contribution in [3.63, 3.8) is 0 Å². The Morgan fingerprint density at radius 2 is 1.89 bits per heavy atom. The Labute approximate surface area is 224 Å². The van der Waals surface area contributed by atoms with Crippen molar-refractivity contribution in [1.29, 1.82) is 0 Å². The zero-order chi connectivity index (χ0) is 25.4. The van der Waals surface area contributed by atoms with E-state index in [2.05, 4.69) is 9.88 Å². The Balaban J connectivity index is 0.00000320. The number of hydrogen-bond acceptors (Lipinski definition) is 4. The molecular weight excluding hydrogens is 525 g/mol. The highest BCUT2D eigenvalue weighted by Gasteiger charge is 2.30. The molecular formula is C26H28Cl2F2N4O3. The average Bonchev–Trinajstić information content (AvgIpc) is 3.18. The van der Waals surface area contributed by atoms with Crippen LogP contribution in [0.3, 0.4) is 0 Å². The fourth-order valence-corrected chi connectivity index (χ4v) is 5.57. The molecule has 11 heteroatoms. The summed E-state index contributed by atoms with van der Waals surface area (Å²) < 4.78 is 30.3. The topological polar surface area (TPSA) is 78.7 Å². The summed E-state index contributed by atoms with van der Waals surface area (Å²) >= 11 is 5.81. The summed E-state index contributed by atoms with van der Waals surface area (Å²) in [6, 6.07) is 6.37. The monoisotopic (exact) mass is 552 g/mol. The minimum atomic E-state index is -0.806. The maximum absolute atomic E-state index is 14.7. The molecule has 1 fully saturated rings. The number of carboxylic acids is 1. The zero-order valence-corrected chi connectivity index (χ0v) is 21.7. The van der Waals surface area contributed by atoms with Crippen LogP contribution in [0.1, 0.15) is 36.1 Å². The molecule has 198 valence electrons. The fourth-order valence-electron chi connectivity index (χ4n) is 5.39. The van der Waals surface area contributed by atoms with Crippen molar-refractivity contribution in [2.75, 3.05) is 26.2 Å². The molecule has 1 amide bonds. The smallest absolute Gasteiger partial charge is 0.303 e. The van der Waals surface area contributed by atoms with Crippen LogP contribution in [0.4, 0.5) is 8.78 Å². The number of likely N-dealkylation sites (tertiary alicyclic amines) is 1. The van der Waals surface area contributed by atoms with E-state index in [1.165, 1.54) is 6.07 Å². The average molecular weight is 553 g/mol. The maximum Gasteiger partial charge on any atom is 0.303 e. The summed E-state index contributed by atoms with van der Waals surface area (Å²) in [5.74, 6) is -2.20. The van der Waals surface area contributed by atoms with Gasteiger partial charge in [0.05, 0.1) is 19.6 Å². The molecule has 0 unspecified atom stereocenters. The zero-order valence-electron chi connectivity index (χ0n) is 20.1. The highest BCUT2D eigenvalue weighted by molar-refractivity contribution is 6.30. The van der Waals surface area contributed by atoms with Gasteiger partial charge in [0.1, 0.15) is 22.3 Å². The summed E-state index contributed by atoms with van der Waals surface area (Å²) in [7, 11) is 0. The number of carbonyl (C=O) groups is 2. The highest BCUT2D eigenvalue weighted by atomic mass is 35.5. The minimum absolute atomic E-state index is 0. The van der Waals surface area contributed by atoms with Gasteiger partial charge < -0.3 is 14.6 Å². The van der Waals surface area contributed by atoms with Crippen molar-refractivity contribution in [2.45, 2.75) is 38.8 Å². The van der Waals surface area contributed by atoms with E-state index in [0.717, 1.165) is 35.6 Å². The first-order chi connectivity index (χ1) is 17.3. The van der Waals surface area contributed by atoms with Crippen LogP contribution in [0.25, 0.3) is 11.0 Å². The van der Waals surface area contributed by atoms with Crippen molar-refractivity contribution in [2.24, 2.45) is 5.92 Å². The second-order valence-corrected chi connectivity index (χ2v) is 9.98. The van der Waals surface area contributed by atoms with E-state index < -0.39 is 22.6 Å². The maximum atomic E-state index is 14.7. The lowest BCUT2D eigenvalue weighted by Crippen LogP contribution is -2.45. The molecule has 2 aromatic heterocycles. The van der Waals surface area contributed by atoms with Crippen LogP contribution in [0.15, 0.2) is 30.5 Å². The molecule has 0 saturated carbocycles. The van der Waals surface area contributed by atoms with Gasteiger partial charge in [-0.3, -0.25) is 14.5 Å². The van der Waals surface area contributed by atoms with Gasteiger partial charge in [-0.2, -0.15) is 0 Å². The van der Waals surface area contributed by atoms with E-state index in [1.54, 1.807) is 6.20 Å². The molecule has 0 bridgehead atoms. The van der Waals surface area contributed by atoms with Gasteiger partial charge in [0.2, 0.25) is 5.91 Å². The summed E-state index contributed by atoms with van der Waals surface area (Å²) in [5, 5.41) is 9.45. The first-order valence-electron chi connectivity index (χ1n) is 12.1. The highest BCUT2D eigenvalue weighted by Crippen LogP contribution is 2.32. The van der Waals surface area contributed by atoms with Gasteiger partial charge in [-0.1, -0.05) is 17.7 Å². The lowest BCUT2D eigenvalue weighted by atomic mass is 9.93. The molecule has 1 saturated heterocycles. The molecule has 2 aliphatic heterocycles. The van der Waals surface area contributed by atoms with Gasteiger partial charge in [0.25, 0.3) is 0 Å². The number of carboxylic acid groups (broad SMARTS) is 1. The fraction of sp³-hybridized carbons (Fsp3) is 0.423. The molecule has 1 aromatic carbocycles. The Kier molecular flexibility index (Phi) is 8.36. The third kappa shape index (κ3) is 5.58. The van der Waals surface area contributed by atoms with Crippen LogP contribution in [-0.4, -0.2) is 62.5 Å². The van der Waals surface area contributed by atoms with Gasteiger partial charge in [-0.25, -0.2) is 13.8 Å². The first kappa shape index (κ1) is 27.3. The van der Waals surface area contributed by atoms with Crippen LogP contribution in [-0.2, 0) is 29.1 Å². The molecule has 7 nitrogen and oxygen atoms in total. The van der Waals surface area contributed by atoms with Crippen LogP contribution in [0.5, 0.6) is 0 Å². The van der Waals surface area contributed by atoms with Gasteiger partial charge in [0, 0.05) is 35.8 Å². The number of halogens is 4. The molecule has 0 aliphatic carbocycles. The summed E-state index contributed by atoms with van der Waals surface area (Å²) in [6.07, 6.45) is 4.05. The number of pyridine rings is 1. The van der Waals surface area contributed by atoms with Crippen molar-refractivity contribution in [1.82, 2.24) is 19.4 Å². The van der Waals surface area contributed by atoms with Crippen LogP contribution in [0.2, 0.25) is 5.02 Å². The molecule has 1 N–H and O–H groups in total. The van der Waals surface area contributed by atoms with Gasteiger partial charge in [-0.05, 0) is 62.0 Å². The van der Waals surface area contributed by atoms with Crippen molar-refractivity contribution >= 4 is 46.9 Å². The van der Waals surface area contributed by atoms with Crippen molar-refractivity contribution in [3.8, 4) is 0 Å². The number of amides is 1. The van der Waals surface area contributed by atoms with Crippen molar-refractivity contribution < 1.29 is 23.5 Å². The lowest BCUT2D eigenvalue weighted by molar-refractivity contribution is -0.139. The third-order valence-corrected chi connectivity index (χ3v) is 7.69. The molecule has 4 heterocycles.